The summed E-state index contributed by atoms with van der Waals surface area (Å²) in [7, 11) is 0. The van der Waals surface area contributed by atoms with Gasteiger partial charge >= 0.3 is 5.97 Å². The van der Waals surface area contributed by atoms with E-state index in [-0.39, 0.29) is 23.4 Å². The lowest BCUT2D eigenvalue weighted by Crippen LogP contribution is -3.00. The molecule has 0 radical (unpaired) electrons. The highest BCUT2D eigenvalue weighted by Gasteiger charge is 2.08. The third-order valence-electron chi connectivity index (χ3n) is 3.87. The van der Waals surface area contributed by atoms with E-state index in [1.54, 1.807) is 0 Å². The molecule has 0 atom stereocenters. The number of fused-ring (bicyclic) bond motifs is 2. The number of carboxylic acids is 1. The lowest BCUT2D eigenvalue weighted by atomic mass is 10.2. The number of rotatable bonds is 3. The fourth-order valence-electron chi connectivity index (χ4n) is 2.65. The second kappa shape index (κ2) is 9.63. The van der Waals surface area contributed by atoms with Crippen LogP contribution in [0.2, 0.25) is 0 Å². The molecule has 0 aliphatic rings. The molecule has 0 saturated heterocycles. The smallest absolute Gasteiger partial charge is 0.309 e. The lowest BCUT2D eigenvalue weighted by molar-refractivity contribution is -0.670. The van der Waals surface area contributed by atoms with Gasteiger partial charge in [0.2, 0.25) is 5.52 Å². The summed E-state index contributed by atoms with van der Waals surface area (Å²) >= 11 is 0. The van der Waals surface area contributed by atoms with Crippen LogP contribution in [0.15, 0.2) is 85.2 Å². The summed E-state index contributed by atoms with van der Waals surface area (Å²) in [6, 6.07) is 24.0. The lowest BCUT2D eigenvalue weighted by Gasteiger charge is -1.98. The van der Waals surface area contributed by atoms with Gasteiger partial charge in [0.05, 0.1) is 5.52 Å². The normalized spacial score (nSPS) is 9.85. The number of aryl methyl sites for hydroxylation is 1. The monoisotopic (exact) mass is 410 g/mol. The molecule has 0 bridgehead atoms. The predicted molar refractivity (Wildman–Crippen MR) is 98.1 cm³/mol. The molecule has 4 aromatic rings. The second-order valence-electron chi connectivity index (χ2n) is 5.60. The summed E-state index contributed by atoms with van der Waals surface area (Å²) in [4.78, 5) is 14.7. The number of carbonyl (C=O) groups is 1. The number of carboxylic acid groups (broad SMARTS) is 1. The Morgan fingerprint density at radius 1 is 0.885 bits per heavy atom. The second-order valence-corrected chi connectivity index (χ2v) is 5.60. The zero-order valence-corrected chi connectivity index (χ0v) is 15.7. The Kier molecular flexibility index (Phi) is 7.24. The number of hydrogen-bond donors (Lipinski definition) is 1. The van der Waals surface area contributed by atoms with Gasteiger partial charge < -0.3 is 22.1 Å². The first-order valence-corrected chi connectivity index (χ1v) is 8.13. The van der Waals surface area contributed by atoms with Crippen LogP contribution in [-0.4, -0.2) is 16.1 Å². The zero-order valence-electron chi connectivity index (χ0n) is 14.1. The number of nitrogens with zero attached hydrogens (tertiary/aromatic N) is 2. The van der Waals surface area contributed by atoms with E-state index in [2.05, 4.69) is 17.1 Å². The highest BCUT2D eigenvalue weighted by molar-refractivity contribution is 5.77. The zero-order chi connectivity index (χ0) is 17.5. The van der Waals surface area contributed by atoms with Crippen molar-refractivity contribution in [2.75, 3.05) is 0 Å². The molecule has 0 aliphatic carbocycles. The number of hydrogen-bond acceptors (Lipinski definition) is 2. The van der Waals surface area contributed by atoms with E-state index in [0.29, 0.717) is 6.54 Å². The van der Waals surface area contributed by atoms with Crippen molar-refractivity contribution < 1.29 is 31.4 Å². The maximum atomic E-state index is 10.5. The topological polar surface area (TPSA) is 54.1 Å². The maximum absolute atomic E-state index is 10.5. The van der Waals surface area contributed by atoms with Gasteiger partial charge in [0.25, 0.3) is 0 Å². The summed E-state index contributed by atoms with van der Waals surface area (Å²) in [5.74, 6) is -0.768. The Morgan fingerprint density at radius 2 is 1.54 bits per heavy atom. The van der Waals surface area contributed by atoms with Gasteiger partial charge in [-0.1, -0.05) is 36.4 Å². The fourth-order valence-corrected chi connectivity index (χ4v) is 2.65. The number of aromatic nitrogens is 2. The van der Waals surface area contributed by atoms with Crippen LogP contribution in [0, 0.1) is 0 Å². The molecule has 4 nitrogen and oxygen atoms in total. The molecule has 132 valence electrons. The van der Waals surface area contributed by atoms with Gasteiger partial charge in [-0.05, 0) is 24.3 Å². The average molecular weight is 411 g/mol. The molecule has 2 heterocycles. The largest absolute Gasteiger partial charge is 1.00 e. The first-order chi connectivity index (χ1) is 12.2. The minimum atomic E-state index is -0.768. The molecule has 0 spiro atoms. The molecule has 0 fully saturated rings. The third kappa shape index (κ3) is 5.10. The van der Waals surface area contributed by atoms with Crippen molar-refractivity contribution in [1.29, 1.82) is 0 Å². The van der Waals surface area contributed by atoms with Gasteiger partial charge in [-0.25, -0.2) is 0 Å². The molecule has 0 saturated carbocycles. The summed E-state index contributed by atoms with van der Waals surface area (Å²) < 4.78 is 1.96. The Bertz CT molecular complexity index is 934. The van der Waals surface area contributed by atoms with Crippen LogP contribution in [0.3, 0.4) is 0 Å². The highest BCUT2D eigenvalue weighted by atomic mass is 79.9. The van der Waals surface area contributed by atoms with E-state index in [1.165, 1.54) is 5.39 Å². The number of aliphatic carboxylic acids is 1. The SMILES string of the molecule is O=C(O)CC[n+]1cccc2ccccc21.[Br-].c1ccc2ncccc2c1. The molecule has 1 N–H and O–H groups in total. The molecular formula is C21H19BrN2O2. The van der Waals surface area contributed by atoms with Crippen LogP contribution in [0.1, 0.15) is 6.42 Å². The Balaban J connectivity index is 0.000000193. The third-order valence-corrected chi connectivity index (χ3v) is 3.87. The minimum absolute atomic E-state index is 0. The van der Waals surface area contributed by atoms with Gasteiger partial charge in [0.1, 0.15) is 6.42 Å². The van der Waals surface area contributed by atoms with Crippen molar-refractivity contribution in [2.24, 2.45) is 0 Å². The van der Waals surface area contributed by atoms with Crippen molar-refractivity contribution in [3.63, 3.8) is 0 Å². The van der Waals surface area contributed by atoms with E-state index in [0.717, 1.165) is 16.4 Å². The van der Waals surface area contributed by atoms with Crippen molar-refractivity contribution in [3.05, 3.63) is 85.2 Å². The van der Waals surface area contributed by atoms with Gasteiger partial charge in [0, 0.05) is 29.1 Å². The maximum Gasteiger partial charge on any atom is 0.309 e. The van der Waals surface area contributed by atoms with E-state index < -0.39 is 5.97 Å². The van der Waals surface area contributed by atoms with Crippen LogP contribution < -0.4 is 21.5 Å². The molecule has 26 heavy (non-hydrogen) atoms. The molecule has 0 unspecified atom stereocenters. The molecule has 0 amide bonds. The van der Waals surface area contributed by atoms with Crippen molar-refractivity contribution >= 4 is 27.8 Å². The molecule has 4 rings (SSSR count). The summed E-state index contributed by atoms with van der Waals surface area (Å²) in [5.41, 5.74) is 2.13. The summed E-state index contributed by atoms with van der Waals surface area (Å²) in [6.07, 6.45) is 3.87. The number of benzene rings is 2. The molecule has 0 aliphatic heterocycles. The van der Waals surface area contributed by atoms with E-state index in [1.807, 2.05) is 77.6 Å². The number of pyridine rings is 2. The van der Waals surface area contributed by atoms with Gasteiger partial charge in [-0.2, -0.15) is 4.57 Å². The number of halogens is 1. The van der Waals surface area contributed by atoms with E-state index in [4.69, 9.17) is 5.11 Å². The van der Waals surface area contributed by atoms with Crippen LogP contribution in [-0.2, 0) is 11.3 Å². The van der Waals surface area contributed by atoms with Crippen molar-refractivity contribution in [3.8, 4) is 0 Å². The van der Waals surface area contributed by atoms with Gasteiger partial charge in [0.15, 0.2) is 12.7 Å². The highest BCUT2D eigenvalue weighted by Crippen LogP contribution is 2.08. The standard InChI is InChI=1S/C12H11NO2.C9H7N.BrH/c14-12(15)7-9-13-8-3-5-10-4-1-2-6-11(10)13;1-2-6-9-8(4-1)5-3-7-10-9;/h1-6,8H,7,9H2;1-7H;1H. The van der Waals surface area contributed by atoms with E-state index >= 15 is 0 Å². The minimum Gasteiger partial charge on any atom is -1.00 e. The first-order valence-electron chi connectivity index (χ1n) is 8.13. The van der Waals surface area contributed by atoms with E-state index in [9.17, 15) is 4.79 Å². The average Bonchev–Trinajstić information content (AvgIpc) is 2.67. The van der Waals surface area contributed by atoms with Crippen LogP contribution in [0.4, 0.5) is 0 Å². The van der Waals surface area contributed by atoms with Crippen LogP contribution in [0.25, 0.3) is 21.8 Å². The van der Waals surface area contributed by atoms with Crippen LogP contribution in [0.5, 0.6) is 0 Å². The Labute approximate surface area is 162 Å². The predicted octanol–water partition coefficient (Wildman–Crippen LogP) is 0.841. The Hall–Kier alpha value is -2.79. The van der Waals surface area contributed by atoms with Crippen molar-refractivity contribution in [1.82, 2.24) is 4.98 Å². The fraction of sp³-hybridized carbons (Fsp3) is 0.0952. The molecule has 2 aromatic carbocycles. The molecular weight excluding hydrogens is 392 g/mol. The van der Waals surface area contributed by atoms with Gasteiger partial charge in [-0.15, -0.1) is 0 Å². The first kappa shape index (κ1) is 19.5. The molecule has 5 heteroatoms. The summed E-state index contributed by atoms with van der Waals surface area (Å²) in [6.45, 7) is 0.511. The number of para-hydroxylation sites is 2. The summed E-state index contributed by atoms with van der Waals surface area (Å²) in [5, 5.41) is 11.0. The van der Waals surface area contributed by atoms with Crippen LogP contribution >= 0.6 is 0 Å². The van der Waals surface area contributed by atoms with Crippen molar-refractivity contribution in [2.45, 2.75) is 13.0 Å². The quantitative estimate of drug-likeness (QED) is 0.509. The molecule has 2 aromatic heterocycles. The Morgan fingerprint density at radius 3 is 2.31 bits per heavy atom. The van der Waals surface area contributed by atoms with Gasteiger partial charge in [-0.3, -0.25) is 9.78 Å².